The number of hydrogen-bond donors (Lipinski definition) is 0. The molecular weight excluding hydrogens is 246 g/mol. The third kappa shape index (κ3) is 3.33. The van der Waals surface area contributed by atoms with Crippen molar-refractivity contribution in [2.24, 2.45) is 0 Å². The molecule has 1 atom stereocenters. The minimum Gasteiger partial charge on any atom is -0.493 e. The van der Waals surface area contributed by atoms with Crippen LogP contribution in [0.25, 0.3) is 0 Å². The highest BCUT2D eigenvalue weighted by Gasteiger charge is 2.37. The Labute approximate surface area is 122 Å². The molecule has 1 aromatic carbocycles. The summed E-state index contributed by atoms with van der Waals surface area (Å²) in [6.45, 7) is 2.91. The molecule has 2 heteroatoms. The van der Waals surface area contributed by atoms with Crippen LogP contribution in [0.3, 0.4) is 0 Å². The lowest BCUT2D eigenvalue weighted by molar-refractivity contribution is 0.233. The molecule has 0 aromatic heterocycles. The molecule has 1 unspecified atom stereocenters. The molecule has 2 nitrogen and oxygen atoms in total. The lowest BCUT2D eigenvalue weighted by atomic mass is 9.73. The molecule has 20 heavy (non-hydrogen) atoms. The van der Waals surface area contributed by atoms with Gasteiger partial charge in [-0.2, -0.15) is 5.26 Å². The van der Waals surface area contributed by atoms with Crippen molar-refractivity contribution in [2.75, 3.05) is 6.61 Å². The van der Waals surface area contributed by atoms with Crippen molar-refractivity contribution < 1.29 is 4.74 Å². The Morgan fingerprint density at radius 2 is 1.90 bits per heavy atom. The second kappa shape index (κ2) is 7.33. The van der Waals surface area contributed by atoms with Crippen LogP contribution < -0.4 is 4.74 Å². The van der Waals surface area contributed by atoms with E-state index in [9.17, 15) is 5.26 Å². The summed E-state index contributed by atoms with van der Waals surface area (Å²) in [5, 5.41) is 9.72. The Bertz CT molecular complexity index is 463. The molecule has 1 aromatic rings. The molecule has 0 bridgehead atoms. The lowest BCUT2D eigenvalue weighted by Gasteiger charge is -2.33. The van der Waals surface area contributed by atoms with E-state index in [2.05, 4.69) is 19.1 Å². The molecule has 108 valence electrons. The first-order valence-electron chi connectivity index (χ1n) is 7.96. The van der Waals surface area contributed by atoms with Crippen LogP contribution in [0.5, 0.6) is 5.75 Å². The molecule has 2 rings (SSSR count). The van der Waals surface area contributed by atoms with E-state index < -0.39 is 0 Å². The van der Waals surface area contributed by atoms with E-state index in [-0.39, 0.29) is 5.41 Å². The molecule has 1 aliphatic heterocycles. The van der Waals surface area contributed by atoms with Gasteiger partial charge in [0.2, 0.25) is 0 Å². The van der Waals surface area contributed by atoms with Crippen molar-refractivity contribution in [1.29, 1.82) is 5.26 Å². The SMILES string of the molecule is CCCCCCCCC1(C#N)CCOc2ccccc21. The smallest absolute Gasteiger partial charge is 0.124 e. The van der Waals surface area contributed by atoms with Crippen LogP contribution in [0.15, 0.2) is 24.3 Å². The van der Waals surface area contributed by atoms with Crippen LogP contribution in [0, 0.1) is 11.3 Å². The second-order valence-electron chi connectivity index (χ2n) is 5.81. The van der Waals surface area contributed by atoms with Crippen LogP contribution in [0.4, 0.5) is 0 Å². The Balaban J connectivity index is 1.96. The largest absolute Gasteiger partial charge is 0.493 e. The average molecular weight is 271 g/mol. The summed E-state index contributed by atoms with van der Waals surface area (Å²) in [6, 6.07) is 10.6. The van der Waals surface area contributed by atoms with Crippen molar-refractivity contribution in [3.05, 3.63) is 29.8 Å². The highest BCUT2D eigenvalue weighted by atomic mass is 16.5. The van der Waals surface area contributed by atoms with Gasteiger partial charge in [0.15, 0.2) is 0 Å². The van der Waals surface area contributed by atoms with Crippen LogP contribution >= 0.6 is 0 Å². The summed E-state index contributed by atoms with van der Waals surface area (Å²) in [4.78, 5) is 0. The van der Waals surface area contributed by atoms with Crippen molar-refractivity contribution in [2.45, 2.75) is 63.7 Å². The Kier molecular flexibility index (Phi) is 5.47. The average Bonchev–Trinajstić information content (AvgIpc) is 2.51. The lowest BCUT2D eigenvalue weighted by Crippen LogP contribution is -2.31. The maximum atomic E-state index is 9.72. The summed E-state index contributed by atoms with van der Waals surface area (Å²) in [5.74, 6) is 0.909. The van der Waals surface area contributed by atoms with E-state index in [1.807, 2.05) is 18.2 Å². The van der Waals surface area contributed by atoms with Crippen LogP contribution in [0.2, 0.25) is 0 Å². The van der Waals surface area contributed by atoms with Gasteiger partial charge in [0.1, 0.15) is 5.75 Å². The van der Waals surface area contributed by atoms with Gasteiger partial charge < -0.3 is 4.74 Å². The van der Waals surface area contributed by atoms with Gasteiger partial charge in [0.25, 0.3) is 0 Å². The predicted octanol–water partition coefficient (Wildman–Crippen LogP) is 4.98. The first-order valence-corrected chi connectivity index (χ1v) is 7.96. The fourth-order valence-electron chi connectivity index (χ4n) is 3.10. The Morgan fingerprint density at radius 3 is 2.70 bits per heavy atom. The predicted molar refractivity (Wildman–Crippen MR) is 81.8 cm³/mol. The Morgan fingerprint density at radius 1 is 1.15 bits per heavy atom. The van der Waals surface area contributed by atoms with Crippen molar-refractivity contribution in [3.8, 4) is 11.8 Å². The molecule has 0 N–H and O–H groups in total. The summed E-state index contributed by atoms with van der Waals surface area (Å²) >= 11 is 0. The van der Waals surface area contributed by atoms with E-state index >= 15 is 0 Å². The fourth-order valence-corrected chi connectivity index (χ4v) is 3.10. The topological polar surface area (TPSA) is 33.0 Å². The van der Waals surface area contributed by atoms with E-state index in [0.29, 0.717) is 6.61 Å². The number of rotatable bonds is 7. The molecule has 0 fully saturated rings. The Hall–Kier alpha value is -1.49. The second-order valence-corrected chi connectivity index (χ2v) is 5.81. The highest BCUT2D eigenvalue weighted by molar-refractivity contribution is 5.45. The zero-order chi connectivity index (χ0) is 14.3. The van der Waals surface area contributed by atoms with E-state index in [4.69, 9.17) is 4.74 Å². The quantitative estimate of drug-likeness (QED) is 0.655. The molecule has 0 saturated carbocycles. The summed E-state index contributed by atoms with van der Waals surface area (Å²) in [5.41, 5.74) is 0.780. The highest BCUT2D eigenvalue weighted by Crippen LogP contribution is 2.41. The third-order valence-corrected chi connectivity index (χ3v) is 4.36. The van der Waals surface area contributed by atoms with Gasteiger partial charge >= 0.3 is 0 Å². The number of hydrogen-bond acceptors (Lipinski definition) is 2. The monoisotopic (exact) mass is 271 g/mol. The number of nitrogens with zero attached hydrogens (tertiary/aromatic N) is 1. The van der Waals surface area contributed by atoms with Crippen molar-refractivity contribution in [3.63, 3.8) is 0 Å². The number of unbranched alkanes of at least 4 members (excludes halogenated alkanes) is 5. The van der Waals surface area contributed by atoms with E-state index in [1.165, 1.54) is 32.1 Å². The normalized spacial score (nSPS) is 20.8. The number of nitriles is 1. The van der Waals surface area contributed by atoms with Crippen LogP contribution in [0.1, 0.15) is 63.9 Å². The van der Waals surface area contributed by atoms with Gasteiger partial charge in [-0.1, -0.05) is 63.6 Å². The fraction of sp³-hybridized carbons (Fsp3) is 0.611. The molecular formula is C18H25NO. The summed E-state index contributed by atoms with van der Waals surface area (Å²) in [7, 11) is 0. The number of ether oxygens (including phenoxy) is 1. The van der Waals surface area contributed by atoms with Crippen molar-refractivity contribution in [1.82, 2.24) is 0 Å². The third-order valence-electron chi connectivity index (χ3n) is 4.36. The minimum absolute atomic E-state index is 0.320. The van der Waals surface area contributed by atoms with Crippen molar-refractivity contribution >= 4 is 0 Å². The molecule has 1 aliphatic rings. The number of benzene rings is 1. The number of fused-ring (bicyclic) bond motifs is 1. The molecule has 0 spiro atoms. The van der Waals surface area contributed by atoms with Gasteiger partial charge in [-0.25, -0.2) is 0 Å². The molecule has 0 radical (unpaired) electrons. The molecule has 0 saturated heterocycles. The van der Waals surface area contributed by atoms with Gasteiger partial charge in [-0.15, -0.1) is 0 Å². The number of para-hydroxylation sites is 1. The van der Waals surface area contributed by atoms with Gasteiger partial charge in [0, 0.05) is 12.0 Å². The van der Waals surface area contributed by atoms with Crippen LogP contribution in [-0.2, 0) is 5.41 Å². The van der Waals surface area contributed by atoms with Crippen LogP contribution in [-0.4, -0.2) is 6.61 Å². The summed E-state index contributed by atoms with van der Waals surface area (Å²) in [6.07, 6.45) is 9.43. The zero-order valence-corrected chi connectivity index (χ0v) is 12.5. The first kappa shape index (κ1) is 14.9. The standard InChI is InChI=1S/C18H25NO/c1-2-3-4-5-6-9-12-18(15-19)13-14-20-17-11-8-7-10-16(17)18/h7-8,10-11H,2-6,9,12-14H2,1H3. The van der Waals surface area contributed by atoms with Gasteiger partial charge in [-0.3, -0.25) is 0 Å². The molecule has 0 amide bonds. The van der Waals surface area contributed by atoms with Gasteiger partial charge in [-0.05, 0) is 12.5 Å². The molecule has 0 aliphatic carbocycles. The maximum absolute atomic E-state index is 9.72. The zero-order valence-electron chi connectivity index (χ0n) is 12.5. The van der Waals surface area contributed by atoms with E-state index in [1.54, 1.807) is 0 Å². The van der Waals surface area contributed by atoms with E-state index in [0.717, 1.165) is 30.6 Å². The van der Waals surface area contributed by atoms with Gasteiger partial charge in [0.05, 0.1) is 18.1 Å². The first-order chi connectivity index (χ1) is 9.82. The maximum Gasteiger partial charge on any atom is 0.124 e. The minimum atomic E-state index is -0.320. The summed E-state index contributed by atoms with van der Waals surface area (Å²) < 4.78 is 5.69. The molecule has 1 heterocycles.